The zero-order valence-electron chi connectivity index (χ0n) is 12.4. The maximum absolute atomic E-state index is 12.1. The molecule has 0 saturated carbocycles. The number of ether oxygens (including phenoxy) is 2. The molecule has 1 aromatic rings. The first kappa shape index (κ1) is 15.9. The van der Waals surface area contributed by atoms with Gasteiger partial charge in [0.25, 0.3) is 0 Å². The van der Waals surface area contributed by atoms with Crippen molar-refractivity contribution in [3.05, 3.63) is 17.7 Å². The molecule has 7 nitrogen and oxygen atoms in total. The van der Waals surface area contributed by atoms with Crippen molar-refractivity contribution in [3.63, 3.8) is 0 Å². The molecular formula is C14H23N3O4. The van der Waals surface area contributed by atoms with Gasteiger partial charge in [-0.2, -0.15) is 0 Å². The molecule has 1 aliphatic rings. The third-order valence-electron chi connectivity index (χ3n) is 3.39. The number of H-pyrrole nitrogens is 1. The van der Waals surface area contributed by atoms with Crippen LogP contribution in [-0.2, 0) is 20.8 Å². The smallest absolute Gasteiger partial charge is 0.248 e. The summed E-state index contributed by atoms with van der Waals surface area (Å²) in [5.74, 6) is 0.658. The molecule has 118 valence electrons. The Labute approximate surface area is 124 Å². The molecule has 7 heteroatoms. The molecule has 1 saturated heterocycles. The van der Waals surface area contributed by atoms with Gasteiger partial charge < -0.3 is 24.5 Å². The van der Waals surface area contributed by atoms with E-state index in [2.05, 4.69) is 9.97 Å². The van der Waals surface area contributed by atoms with Crippen molar-refractivity contribution >= 4 is 5.91 Å². The summed E-state index contributed by atoms with van der Waals surface area (Å²) >= 11 is 0. The van der Waals surface area contributed by atoms with Crippen LogP contribution < -0.4 is 0 Å². The Kier molecular flexibility index (Phi) is 6.16. The fraction of sp³-hybridized carbons (Fsp3) is 0.714. The molecule has 2 heterocycles. The molecule has 1 aliphatic heterocycles. The zero-order valence-corrected chi connectivity index (χ0v) is 12.4. The van der Waals surface area contributed by atoms with E-state index in [1.165, 1.54) is 0 Å². The highest BCUT2D eigenvalue weighted by molar-refractivity contribution is 5.77. The van der Waals surface area contributed by atoms with Crippen molar-refractivity contribution in [1.29, 1.82) is 0 Å². The van der Waals surface area contributed by atoms with Crippen LogP contribution in [0.5, 0.6) is 0 Å². The lowest BCUT2D eigenvalue weighted by molar-refractivity contribution is -0.138. The Bertz CT molecular complexity index is 443. The number of rotatable bonds is 8. The first-order chi connectivity index (χ1) is 10.2. The molecular weight excluding hydrogens is 274 g/mol. The lowest BCUT2D eigenvalue weighted by Crippen LogP contribution is -2.36. The first-order valence-electron chi connectivity index (χ1n) is 7.27. The standard InChI is InChI=1S/C14H23N3O4/c1-11-15-7-12(16-11)8-17(4-5-18)14(19)10-20-9-13-3-2-6-21-13/h7,13,18H,2-6,8-10H2,1H3,(H,15,16). The van der Waals surface area contributed by atoms with Crippen LogP contribution in [-0.4, -0.2) is 65.0 Å². The van der Waals surface area contributed by atoms with Crippen molar-refractivity contribution in [3.8, 4) is 0 Å². The molecule has 2 rings (SSSR count). The van der Waals surface area contributed by atoms with Crippen molar-refractivity contribution in [2.75, 3.05) is 33.0 Å². The highest BCUT2D eigenvalue weighted by Crippen LogP contribution is 2.12. The predicted molar refractivity (Wildman–Crippen MR) is 75.6 cm³/mol. The molecule has 2 N–H and O–H groups in total. The Morgan fingerprint density at radius 2 is 2.52 bits per heavy atom. The fourth-order valence-electron chi connectivity index (χ4n) is 2.32. The van der Waals surface area contributed by atoms with E-state index in [0.717, 1.165) is 31.0 Å². The van der Waals surface area contributed by atoms with E-state index < -0.39 is 0 Å². The number of imidazole rings is 1. The van der Waals surface area contributed by atoms with E-state index in [-0.39, 0.29) is 31.8 Å². The van der Waals surface area contributed by atoms with Crippen LogP contribution in [0, 0.1) is 6.92 Å². The molecule has 1 amide bonds. The van der Waals surface area contributed by atoms with Crippen LogP contribution in [0.3, 0.4) is 0 Å². The van der Waals surface area contributed by atoms with Gasteiger partial charge >= 0.3 is 0 Å². The van der Waals surface area contributed by atoms with Gasteiger partial charge in [-0.15, -0.1) is 0 Å². The summed E-state index contributed by atoms with van der Waals surface area (Å²) < 4.78 is 10.9. The summed E-state index contributed by atoms with van der Waals surface area (Å²) in [6, 6.07) is 0. The summed E-state index contributed by atoms with van der Waals surface area (Å²) in [7, 11) is 0. The lowest BCUT2D eigenvalue weighted by atomic mass is 10.2. The van der Waals surface area contributed by atoms with Crippen molar-refractivity contribution < 1.29 is 19.4 Å². The number of nitrogens with one attached hydrogen (secondary N) is 1. The summed E-state index contributed by atoms with van der Waals surface area (Å²) in [5, 5.41) is 9.09. The van der Waals surface area contributed by atoms with Crippen LogP contribution >= 0.6 is 0 Å². The van der Waals surface area contributed by atoms with Crippen molar-refractivity contribution in [2.45, 2.75) is 32.4 Å². The molecule has 1 atom stereocenters. The normalized spacial score (nSPS) is 18.1. The van der Waals surface area contributed by atoms with Gasteiger partial charge in [0, 0.05) is 13.2 Å². The molecule has 21 heavy (non-hydrogen) atoms. The van der Waals surface area contributed by atoms with E-state index in [9.17, 15) is 4.79 Å². The Morgan fingerprint density at radius 1 is 1.67 bits per heavy atom. The molecule has 0 radical (unpaired) electrons. The SMILES string of the molecule is Cc1ncc(CN(CCO)C(=O)COCC2CCCO2)[nH]1. The van der Waals surface area contributed by atoms with E-state index in [0.29, 0.717) is 13.2 Å². The monoisotopic (exact) mass is 297 g/mol. The van der Waals surface area contributed by atoms with Crippen LogP contribution in [0.25, 0.3) is 0 Å². The van der Waals surface area contributed by atoms with Crippen LogP contribution in [0.15, 0.2) is 6.20 Å². The Morgan fingerprint density at radius 3 is 3.14 bits per heavy atom. The summed E-state index contributed by atoms with van der Waals surface area (Å²) in [5.41, 5.74) is 0.841. The number of hydrogen-bond acceptors (Lipinski definition) is 5. The summed E-state index contributed by atoms with van der Waals surface area (Å²) in [6.07, 6.45) is 3.85. The summed E-state index contributed by atoms with van der Waals surface area (Å²) in [6.45, 7) is 3.67. The Balaban J connectivity index is 1.77. The largest absolute Gasteiger partial charge is 0.395 e. The number of nitrogens with zero attached hydrogens (tertiary/aromatic N) is 2. The number of aliphatic hydroxyl groups is 1. The average Bonchev–Trinajstić information content (AvgIpc) is 3.10. The number of aromatic amines is 1. The molecule has 0 bridgehead atoms. The zero-order chi connectivity index (χ0) is 15.1. The van der Waals surface area contributed by atoms with E-state index >= 15 is 0 Å². The number of aromatic nitrogens is 2. The number of carbonyl (C=O) groups excluding carboxylic acids is 1. The van der Waals surface area contributed by atoms with Gasteiger partial charge in [0.2, 0.25) is 5.91 Å². The second-order valence-corrected chi connectivity index (χ2v) is 5.18. The maximum atomic E-state index is 12.1. The van der Waals surface area contributed by atoms with Crippen LogP contribution in [0.1, 0.15) is 24.4 Å². The van der Waals surface area contributed by atoms with Crippen molar-refractivity contribution in [1.82, 2.24) is 14.9 Å². The number of amides is 1. The van der Waals surface area contributed by atoms with Gasteiger partial charge in [0.05, 0.1) is 37.8 Å². The highest BCUT2D eigenvalue weighted by Gasteiger charge is 2.18. The minimum absolute atomic E-state index is 0.00692. The quantitative estimate of drug-likeness (QED) is 0.717. The second kappa shape index (κ2) is 8.11. The Hall–Kier alpha value is -1.44. The summed E-state index contributed by atoms with van der Waals surface area (Å²) in [4.78, 5) is 20.9. The van der Waals surface area contributed by atoms with Gasteiger partial charge in [0.1, 0.15) is 12.4 Å². The molecule has 1 unspecified atom stereocenters. The van der Waals surface area contributed by atoms with Crippen LogP contribution in [0.4, 0.5) is 0 Å². The molecule has 0 aromatic carbocycles. The molecule has 0 spiro atoms. The van der Waals surface area contributed by atoms with Gasteiger partial charge in [-0.3, -0.25) is 4.79 Å². The predicted octanol–water partition coefficient (Wildman–Crippen LogP) is 0.235. The highest BCUT2D eigenvalue weighted by atomic mass is 16.5. The third kappa shape index (κ3) is 5.11. The third-order valence-corrected chi connectivity index (χ3v) is 3.39. The minimum atomic E-state index is -0.144. The van der Waals surface area contributed by atoms with E-state index in [1.54, 1.807) is 11.1 Å². The van der Waals surface area contributed by atoms with E-state index in [4.69, 9.17) is 14.6 Å². The van der Waals surface area contributed by atoms with Gasteiger partial charge in [0.15, 0.2) is 0 Å². The first-order valence-corrected chi connectivity index (χ1v) is 7.27. The topological polar surface area (TPSA) is 87.7 Å². The number of carbonyl (C=O) groups is 1. The maximum Gasteiger partial charge on any atom is 0.248 e. The van der Waals surface area contributed by atoms with Gasteiger partial charge in [-0.25, -0.2) is 4.98 Å². The van der Waals surface area contributed by atoms with Gasteiger partial charge in [-0.05, 0) is 19.8 Å². The number of aliphatic hydroxyl groups excluding tert-OH is 1. The molecule has 1 aromatic heterocycles. The number of aryl methyl sites for hydroxylation is 1. The minimum Gasteiger partial charge on any atom is -0.395 e. The molecule has 0 aliphatic carbocycles. The van der Waals surface area contributed by atoms with E-state index in [1.807, 2.05) is 6.92 Å². The van der Waals surface area contributed by atoms with Crippen LogP contribution in [0.2, 0.25) is 0 Å². The van der Waals surface area contributed by atoms with Gasteiger partial charge in [-0.1, -0.05) is 0 Å². The average molecular weight is 297 g/mol. The second-order valence-electron chi connectivity index (χ2n) is 5.18. The lowest BCUT2D eigenvalue weighted by Gasteiger charge is -2.21. The number of hydrogen-bond donors (Lipinski definition) is 2. The molecule has 1 fully saturated rings. The van der Waals surface area contributed by atoms with Crippen molar-refractivity contribution in [2.24, 2.45) is 0 Å². The fourth-order valence-corrected chi connectivity index (χ4v) is 2.32.